The number of hydrogen-bond donors (Lipinski definition) is 0. The minimum absolute atomic E-state index is 0.106. The van der Waals surface area contributed by atoms with Gasteiger partial charge in [-0.25, -0.2) is 0 Å². The van der Waals surface area contributed by atoms with E-state index in [1.165, 1.54) is 12.8 Å². The average Bonchev–Trinajstić information content (AvgIpc) is 2.35. The van der Waals surface area contributed by atoms with E-state index in [0.29, 0.717) is 31.5 Å². The number of hydrogen-bond acceptors (Lipinski definition) is 3. The number of nitrogens with zero attached hydrogens (tertiary/aromatic N) is 1. The molecule has 0 aromatic carbocycles. The summed E-state index contributed by atoms with van der Waals surface area (Å²) < 4.78 is 5.42. The number of unbranched alkanes of at least 4 members (excludes halogenated alkanes) is 1. The lowest BCUT2D eigenvalue weighted by molar-refractivity contribution is -0.131. The molecule has 17 heavy (non-hydrogen) atoms. The molecule has 0 spiro atoms. The van der Waals surface area contributed by atoms with Crippen molar-refractivity contribution in [2.45, 2.75) is 52.5 Å². The molecule has 0 amide bonds. The van der Waals surface area contributed by atoms with Gasteiger partial charge in [0, 0.05) is 19.0 Å². The van der Waals surface area contributed by atoms with Crippen LogP contribution in [0.4, 0.5) is 0 Å². The first-order valence-corrected chi connectivity index (χ1v) is 7.03. The van der Waals surface area contributed by atoms with Gasteiger partial charge in [-0.05, 0) is 26.3 Å². The molecule has 1 fully saturated rings. The summed E-state index contributed by atoms with van der Waals surface area (Å²) in [6, 6.07) is 0.566. The van der Waals surface area contributed by atoms with Gasteiger partial charge in [0.05, 0.1) is 19.1 Å². The fourth-order valence-electron chi connectivity index (χ4n) is 2.24. The van der Waals surface area contributed by atoms with E-state index in [-0.39, 0.29) is 5.92 Å². The molecule has 1 heterocycles. The number of ether oxygens (including phenoxy) is 1. The Morgan fingerprint density at radius 1 is 1.47 bits per heavy atom. The Labute approximate surface area is 106 Å². The van der Waals surface area contributed by atoms with E-state index in [4.69, 9.17) is 4.74 Å². The van der Waals surface area contributed by atoms with Crippen LogP contribution in [0.25, 0.3) is 0 Å². The maximum Gasteiger partial charge on any atom is 0.141 e. The predicted molar refractivity (Wildman–Crippen MR) is 70.2 cm³/mol. The zero-order valence-corrected chi connectivity index (χ0v) is 11.6. The van der Waals surface area contributed by atoms with Crippen LogP contribution in [0.5, 0.6) is 0 Å². The molecule has 0 bridgehead atoms. The van der Waals surface area contributed by atoms with Crippen molar-refractivity contribution < 1.29 is 9.53 Å². The topological polar surface area (TPSA) is 29.5 Å². The van der Waals surface area contributed by atoms with E-state index < -0.39 is 0 Å². The number of carbonyl (C=O) groups excluding carboxylic acids is 1. The fourth-order valence-corrected chi connectivity index (χ4v) is 2.24. The lowest BCUT2D eigenvalue weighted by Crippen LogP contribution is -2.42. The zero-order valence-electron chi connectivity index (χ0n) is 11.6. The molecule has 3 heteroatoms. The van der Waals surface area contributed by atoms with Crippen molar-refractivity contribution in [3.8, 4) is 0 Å². The number of ketones is 1. The van der Waals surface area contributed by atoms with Crippen LogP contribution in [0.2, 0.25) is 0 Å². The molecule has 1 aliphatic heterocycles. The van der Waals surface area contributed by atoms with Crippen molar-refractivity contribution >= 4 is 5.78 Å². The molecule has 1 aliphatic rings. The quantitative estimate of drug-likeness (QED) is 0.686. The standard InChI is InChI=1S/C14H27NO2/c1-4-6-8-15(12(3)5-2)10-13-11-17-9-7-14(13)16/h12-13H,4-11H2,1-3H3. The van der Waals surface area contributed by atoms with Gasteiger partial charge in [-0.2, -0.15) is 0 Å². The molecular weight excluding hydrogens is 214 g/mol. The van der Waals surface area contributed by atoms with Gasteiger partial charge in [0.1, 0.15) is 5.78 Å². The van der Waals surface area contributed by atoms with Gasteiger partial charge in [0.25, 0.3) is 0 Å². The number of carbonyl (C=O) groups is 1. The highest BCUT2D eigenvalue weighted by Crippen LogP contribution is 2.15. The van der Waals surface area contributed by atoms with Gasteiger partial charge >= 0.3 is 0 Å². The highest BCUT2D eigenvalue weighted by molar-refractivity contribution is 5.82. The third-order valence-electron chi connectivity index (χ3n) is 3.74. The van der Waals surface area contributed by atoms with Gasteiger partial charge in [0.15, 0.2) is 0 Å². The largest absolute Gasteiger partial charge is 0.380 e. The Morgan fingerprint density at radius 3 is 2.82 bits per heavy atom. The molecule has 0 aromatic rings. The molecule has 0 aliphatic carbocycles. The molecule has 0 radical (unpaired) electrons. The van der Waals surface area contributed by atoms with Crippen molar-refractivity contribution in [2.24, 2.45) is 5.92 Å². The zero-order chi connectivity index (χ0) is 12.7. The van der Waals surface area contributed by atoms with Crippen LogP contribution < -0.4 is 0 Å². The molecule has 100 valence electrons. The maximum absolute atomic E-state index is 11.8. The first-order chi connectivity index (χ1) is 8.19. The van der Waals surface area contributed by atoms with E-state index in [1.807, 2.05) is 0 Å². The van der Waals surface area contributed by atoms with Gasteiger partial charge in [-0.3, -0.25) is 9.69 Å². The first kappa shape index (κ1) is 14.7. The SMILES string of the molecule is CCCCN(CC1COCCC1=O)C(C)CC. The second-order valence-corrected chi connectivity index (χ2v) is 5.09. The van der Waals surface area contributed by atoms with E-state index >= 15 is 0 Å². The molecule has 3 nitrogen and oxygen atoms in total. The van der Waals surface area contributed by atoms with Crippen LogP contribution in [-0.2, 0) is 9.53 Å². The summed E-state index contributed by atoms with van der Waals surface area (Å²) in [7, 11) is 0. The lowest BCUT2D eigenvalue weighted by Gasteiger charge is -2.32. The van der Waals surface area contributed by atoms with E-state index in [2.05, 4.69) is 25.7 Å². The smallest absolute Gasteiger partial charge is 0.141 e. The van der Waals surface area contributed by atoms with E-state index in [9.17, 15) is 4.79 Å². The summed E-state index contributed by atoms with van der Waals surface area (Å²) in [6.45, 7) is 9.91. The Kier molecular flexibility index (Phi) is 6.75. The monoisotopic (exact) mass is 241 g/mol. The van der Waals surface area contributed by atoms with Crippen molar-refractivity contribution in [1.29, 1.82) is 0 Å². The highest BCUT2D eigenvalue weighted by Gasteiger charge is 2.26. The second-order valence-electron chi connectivity index (χ2n) is 5.09. The van der Waals surface area contributed by atoms with Crippen molar-refractivity contribution in [1.82, 2.24) is 4.90 Å². The Morgan fingerprint density at radius 2 is 2.24 bits per heavy atom. The van der Waals surface area contributed by atoms with Gasteiger partial charge in [-0.1, -0.05) is 20.3 Å². The highest BCUT2D eigenvalue weighted by atomic mass is 16.5. The van der Waals surface area contributed by atoms with Crippen LogP contribution in [0.15, 0.2) is 0 Å². The summed E-state index contributed by atoms with van der Waals surface area (Å²) in [5.74, 6) is 0.496. The van der Waals surface area contributed by atoms with Crippen molar-refractivity contribution in [3.05, 3.63) is 0 Å². The molecule has 0 aromatic heterocycles. The summed E-state index contributed by atoms with van der Waals surface area (Å²) >= 11 is 0. The van der Waals surface area contributed by atoms with E-state index in [0.717, 1.165) is 19.5 Å². The maximum atomic E-state index is 11.8. The van der Waals surface area contributed by atoms with Gasteiger partial charge in [0.2, 0.25) is 0 Å². The van der Waals surface area contributed by atoms with Crippen LogP contribution in [0.1, 0.15) is 46.5 Å². The molecular formula is C14H27NO2. The summed E-state index contributed by atoms with van der Waals surface area (Å²) in [4.78, 5) is 14.3. The molecule has 0 saturated carbocycles. The molecule has 2 atom stereocenters. The number of Topliss-reactive ketones (excluding diaryl/α,β-unsaturated/α-hetero) is 1. The van der Waals surface area contributed by atoms with Crippen molar-refractivity contribution in [2.75, 3.05) is 26.3 Å². The second kappa shape index (κ2) is 7.83. The molecule has 2 unspecified atom stereocenters. The molecule has 1 saturated heterocycles. The number of rotatable bonds is 7. The van der Waals surface area contributed by atoms with Crippen molar-refractivity contribution in [3.63, 3.8) is 0 Å². The summed E-state index contributed by atoms with van der Waals surface area (Å²) in [5, 5.41) is 0. The van der Waals surface area contributed by atoms with Gasteiger partial charge < -0.3 is 4.74 Å². The third-order valence-corrected chi connectivity index (χ3v) is 3.74. The van der Waals surface area contributed by atoms with E-state index in [1.54, 1.807) is 0 Å². The Hall–Kier alpha value is -0.410. The average molecular weight is 241 g/mol. The summed E-state index contributed by atoms with van der Waals surface area (Å²) in [6.07, 6.45) is 4.17. The Bertz CT molecular complexity index is 230. The fraction of sp³-hybridized carbons (Fsp3) is 0.929. The molecule has 1 rings (SSSR count). The minimum Gasteiger partial charge on any atom is -0.380 e. The normalized spacial score (nSPS) is 23.1. The van der Waals surface area contributed by atoms with Crippen LogP contribution in [0.3, 0.4) is 0 Å². The van der Waals surface area contributed by atoms with Crippen LogP contribution >= 0.6 is 0 Å². The third kappa shape index (κ3) is 4.76. The lowest BCUT2D eigenvalue weighted by atomic mass is 9.99. The Balaban J connectivity index is 2.48. The molecule has 0 N–H and O–H groups in total. The van der Waals surface area contributed by atoms with Gasteiger partial charge in [-0.15, -0.1) is 0 Å². The van der Waals surface area contributed by atoms with Crippen LogP contribution in [-0.4, -0.2) is 43.0 Å². The minimum atomic E-state index is 0.106. The predicted octanol–water partition coefficient (Wildman–Crippen LogP) is 2.49. The summed E-state index contributed by atoms with van der Waals surface area (Å²) in [5.41, 5.74) is 0. The first-order valence-electron chi connectivity index (χ1n) is 7.03. The van der Waals surface area contributed by atoms with Crippen LogP contribution in [0, 0.1) is 5.92 Å².